The Morgan fingerprint density at radius 3 is 3.00 bits per heavy atom. The third-order valence-corrected chi connectivity index (χ3v) is 4.81. The average Bonchev–Trinajstić information content (AvgIpc) is 2.47. The summed E-state index contributed by atoms with van der Waals surface area (Å²) in [5.74, 6) is 0.0319. The Kier molecular flexibility index (Phi) is 4.84. The molecule has 1 aromatic heterocycles. The molecule has 1 aliphatic heterocycles. The minimum Gasteiger partial charge on any atom is -0.465 e. The minimum atomic E-state index is -1.71. The monoisotopic (exact) mass is 313 g/mol. The number of likely N-dealkylation sites (tertiary alicyclic amines) is 1. The summed E-state index contributed by atoms with van der Waals surface area (Å²) in [6.07, 6.45) is 2.54. The van der Waals surface area contributed by atoms with E-state index in [1.807, 2.05) is 0 Å². The molecular weight excluding hydrogens is 298 g/mol. The first-order valence-electron chi connectivity index (χ1n) is 6.48. The van der Waals surface area contributed by atoms with Crippen molar-refractivity contribution in [3.8, 4) is 0 Å². The van der Waals surface area contributed by atoms with Crippen LogP contribution in [0, 0.1) is 10.1 Å². The highest BCUT2D eigenvalue weighted by atomic mass is 32.2. The zero-order valence-electron chi connectivity index (χ0n) is 11.2. The van der Waals surface area contributed by atoms with Crippen LogP contribution >= 0.6 is 0 Å². The van der Waals surface area contributed by atoms with Gasteiger partial charge in [0.2, 0.25) is 5.03 Å². The van der Waals surface area contributed by atoms with Gasteiger partial charge < -0.3 is 10.0 Å². The van der Waals surface area contributed by atoms with Gasteiger partial charge in [-0.05, 0) is 25.3 Å². The number of pyridine rings is 1. The van der Waals surface area contributed by atoms with E-state index in [9.17, 15) is 19.1 Å². The van der Waals surface area contributed by atoms with Gasteiger partial charge in [-0.1, -0.05) is 0 Å². The molecule has 2 heterocycles. The van der Waals surface area contributed by atoms with E-state index in [4.69, 9.17) is 5.11 Å². The highest BCUT2D eigenvalue weighted by molar-refractivity contribution is 7.85. The van der Waals surface area contributed by atoms with Gasteiger partial charge in [-0.3, -0.25) is 14.3 Å². The van der Waals surface area contributed by atoms with Gasteiger partial charge in [0.15, 0.2) is 0 Å². The summed E-state index contributed by atoms with van der Waals surface area (Å²) in [5.41, 5.74) is -0.298. The maximum absolute atomic E-state index is 12.3. The van der Waals surface area contributed by atoms with Gasteiger partial charge in [-0.25, -0.2) is 9.78 Å². The summed E-state index contributed by atoms with van der Waals surface area (Å²) in [7, 11) is -1.71. The van der Waals surface area contributed by atoms with Gasteiger partial charge in [0.1, 0.15) is 0 Å². The predicted octanol–water partition coefficient (Wildman–Crippen LogP) is 1.63. The van der Waals surface area contributed by atoms with Crippen LogP contribution in [0.25, 0.3) is 0 Å². The van der Waals surface area contributed by atoms with E-state index < -0.39 is 27.9 Å². The van der Waals surface area contributed by atoms with Crippen LogP contribution in [0.3, 0.4) is 0 Å². The van der Waals surface area contributed by atoms with Crippen LogP contribution < -0.4 is 0 Å². The van der Waals surface area contributed by atoms with E-state index in [0.29, 0.717) is 13.0 Å². The Labute approximate surface area is 123 Å². The van der Waals surface area contributed by atoms with Crippen LogP contribution in [-0.2, 0) is 10.8 Å². The van der Waals surface area contributed by atoms with Crippen LogP contribution in [0.15, 0.2) is 23.4 Å². The molecule has 1 N–H and O–H groups in total. The molecule has 0 aromatic carbocycles. The third kappa shape index (κ3) is 3.54. The Bertz CT molecular complexity index is 580. The Morgan fingerprint density at radius 2 is 2.33 bits per heavy atom. The zero-order chi connectivity index (χ0) is 15.4. The summed E-state index contributed by atoms with van der Waals surface area (Å²) in [4.78, 5) is 26.5. The first-order valence-corrected chi connectivity index (χ1v) is 7.80. The second-order valence-electron chi connectivity index (χ2n) is 4.72. The van der Waals surface area contributed by atoms with Crippen molar-refractivity contribution in [3.63, 3.8) is 0 Å². The van der Waals surface area contributed by atoms with Crippen molar-refractivity contribution in [2.75, 3.05) is 12.3 Å². The lowest BCUT2D eigenvalue weighted by molar-refractivity contribution is -0.388. The van der Waals surface area contributed by atoms with Crippen molar-refractivity contribution in [3.05, 3.63) is 28.4 Å². The topological polar surface area (TPSA) is 114 Å². The number of carboxylic acid groups (broad SMARTS) is 1. The molecule has 9 heteroatoms. The fourth-order valence-electron chi connectivity index (χ4n) is 2.38. The minimum absolute atomic E-state index is 0.0319. The van der Waals surface area contributed by atoms with Crippen molar-refractivity contribution in [1.29, 1.82) is 0 Å². The number of amides is 1. The van der Waals surface area contributed by atoms with Crippen molar-refractivity contribution in [2.24, 2.45) is 0 Å². The van der Waals surface area contributed by atoms with Gasteiger partial charge in [0.25, 0.3) is 0 Å². The first-order chi connectivity index (χ1) is 10.0. The normalized spacial score (nSPS) is 20.0. The smallest absolute Gasteiger partial charge is 0.407 e. The van der Waals surface area contributed by atoms with Crippen molar-refractivity contribution < 1.29 is 19.0 Å². The first kappa shape index (κ1) is 15.4. The van der Waals surface area contributed by atoms with E-state index in [2.05, 4.69) is 4.98 Å². The summed E-state index contributed by atoms with van der Waals surface area (Å²) >= 11 is 0. The van der Waals surface area contributed by atoms with Gasteiger partial charge in [-0.2, -0.15) is 0 Å². The number of piperidine rings is 1. The second kappa shape index (κ2) is 6.61. The third-order valence-electron chi connectivity index (χ3n) is 3.38. The fraction of sp³-hybridized carbons (Fsp3) is 0.500. The van der Waals surface area contributed by atoms with E-state index >= 15 is 0 Å². The molecule has 0 spiro atoms. The molecule has 0 aliphatic carbocycles. The molecule has 1 amide bonds. The molecule has 0 saturated carbocycles. The Hall–Kier alpha value is -2.03. The van der Waals surface area contributed by atoms with Crippen molar-refractivity contribution in [1.82, 2.24) is 9.88 Å². The number of aromatic nitrogens is 1. The molecule has 1 aromatic rings. The molecule has 1 fully saturated rings. The second-order valence-corrected chi connectivity index (χ2v) is 6.13. The van der Waals surface area contributed by atoms with Gasteiger partial charge in [0.05, 0.1) is 21.5 Å². The lowest BCUT2D eigenvalue weighted by Crippen LogP contribution is -2.45. The van der Waals surface area contributed by atoms with Gasteiger partial charge in [0, 0.05) is 24.8 Å². The van der Waals surface area contributed by atoms with Crippen molar-refractivity contribution in [2.45, 2.75) is 30.3 Å². The lowest BCUT2D eigenvalue weighted by Gasteiger charge is -2.33. The molecule has 114 valence electrons. The molecular formula is C12H15N3O5S. The molecule has 2 atom stereocenters. The Balaban J connectivity index is 2.17. The SMILES string of the molecule is O=C(O)N1CCCCC1CS(=O)c1ncccc1[N+](=O)[O-]. The largest absolute Gasteiger partial charge is 0.465 e. The zero-order valence-corrected chi connectivity index (χ0v) is 12.0. The fourth-order valence-corrected chi connectivity index (χ4v) is 3.78. The highest BCUT2D eigenvalue weighted by Gasteiger charge is 2.30. The molecule has 21 heavy (non-hydrogen) atoms. The lowest BCUT2D eigenvalue weighted by atomic mass is 10.0. The van der Waals surface area contributed by atoms with Crippen LogP contribution in [0.1, 0.15) is 19.3 Å². The summed E-state index contributed by atoms with van der Waals surface area (Å²) in [6, 6.07) is 2.26. The van der Waals surface area contributed by atoms with Crippen LogP contribution in [0.2, 0.25) is 0 Å². The van der Waals surface area contributed by atoms with Crippen LogP contribution in [0.5, 0.6) is 0 Å². The number of nitro groups is 1. The summed E-state index contributed by atoms with van der Waals surface area (Å²) in [5, 5.41) is 20.0. The van der Waals surface area contributed by atoms with Crippen molar-refractivity contribution >= 4 is 22.6 Å². The molecule has 2 rings (SSSR count). The molecule has 8 nitrogen and oxygen atoms in total. The van der Waals surface area contributed by atoms with E-state index in [0.717, 1.165) is 12.8 Å². The molecule has 0 bridgehead atoms. The quantitative estimate of drug-likeness (QED) is 0.667. The predicted molar refractivity (Wildman–Crippen MR) is 74.5 cm³/mol. The van der Waals surface area contributed by atoms with E-state index in [1.54, 1.807) is 0 Å². The van der Waals surface area contributed by atoms with Gasteiger partial charge >= 0.3 is 11.8 Å². The Morgan fingerprint density at radius 1 is 1.57 bits per heavy atom. The number of carbonyl (C=O) groups is 1. The highest BCUT2D eigenvalue weighted by Crippen LogP contribution is 2.23. The molecule has 2 unspecified atom stereocenters. The maximum Gasteiger partial charge on any atom is 0.407 e. The number of hydrogen-bond acceptors (Lipinski definition) is 5. The standard InChI is InChI=1S/C12H15N3O5S/c16-12(17)14-7-2-1-4-9(14)8-21(20)11-10(15(18)19)5-3-6-13-11/h3,5-6,9H,1-2,4,7-8H2,(H,16,17). The average molecular weight is 313 g/mol. The molecule has 0 radical (unpaired) electrons. The van der Waals surface area contributed by atoms with E-state index in [1.165, 1.54) is 23.2 Å². The van der Waals surface area contributed by atoms with E-state index in [-0.39, 0.29) is 16.5 Å². The summed E-state index contributed by atoms with van der Waals surface area (Å²) < 4.78 is 12.3. The summed E-state index contributed by atoms with van der Waals surface area (Å²) in [6.45, 7) is 0.404. The maximum atomic E-state index is 12.3. The number of nitrogens with zero attached hydrogens (tertiary/aromatic N) is 3. The number of rotatable bonds is 4. The van der Waals surface area contributed by atoms with Crippen LogP contribution in [0.4, 0.5) is 10.5 Å². The molecule has 1 saturated heterocycles. The van der Waals surface area contributed by atoms with Crippen LogP contribution in [-0.4, -0.2) is 48.6 Å². The molecule has 1 aliphatic rings. The van der Waals surface area contributed by atoms with Gasteiger partial charge in [-0.15, -0.1) is 0 Å². The number of hydrogen-bond donors (Lipinski definition) is 1.